The second-order valence-corrected chi connectivity index (χ2v) is 9.32. The topological polar surface area (TPSA) is 109 Å². The fraction of sp³-hybridized carbons (Fsp3) is 0.222. The molecule has 0 radical (unpaired) electrons. The van der Waals surface area contributed by atoms with Gasteiger partial charge in [-0.3, -0.25) is 0 Å². The highest BCUT2D eigenvalue weighted by molar-refractivity contribution is 6.35. The smallest absolute Gasteiger partial charge is 0.291 e. The molecule has 3 aromatic carbocycles. The number of imidazole rings is 1. The van der Waals surface area contributed by atoms with Crippen LogP contribution in [-0.2, 0) is 33.1 Å². The van der Waals surface area contributed by atoms with Crippen LogP contribution in [0.25, 0.3) is 11.1 Å². The van der Waals surface area contributed by atoms with Crippen LogP contribution in [0.15, 0.2) is 91.5 Å². The summed E-state index contributed by atoms with van der Waals surface area (Å²) >= 11 is 12.6. The van der Waals surface area contributed by atoms with Gasteiger partial charge in [0.15, 0.2) is 0 Å². The molecule has 0 saturated carbocycles. The van der Waals surface area contributed by atoms with Crippen molar-refractivity contribution in [1.29, 1.82) is 0 Å². The van der Waals surface area contributed by atoms with Crippen molar-refractivity contribution in [2.45, 2.75) is 25.0 Å². The SMILES string of the molecule is Clc1ccc(C2(Cn3ccnc3)OCC(COCc3ccc(-c4ccccc4)cc3)O2)c(Cl)c1.O=[N+]([O-])O. The van der Waals surface area contributed by atoms with Crippen molar-refractivity contribution >= 4 is 23.2 Å². The minimum Gasteiger partial charge on any atom is -0.374 e. The third-order valence-electron chi connectivity index (χ3n) is 5.78. The number of hydrogen-bond donors (Lipinski definition) is 1. The molecule has 0 spiro atoms. The Labute approximate surface area is 229 Å². The van der Waals surface area contributed by atoms with E-state index in [9.17, 15) is 0 Å². The van der Waals surface area contributed by atoms with Crippen molar-refractivity contribution in [1.82, 2.24) is 9.55 Å². The third-order valence-corrected chi connectivity index (χ3v) is 6.33. The van der Waals surface area contributed by atoms with Crippen LogP contribution in [0.5, 0.6) is 0 Å². The molecule has 0 aliphatic carbocycles. The van der Waals surface area contributed by atoms with Crippen LogP contribution in [0, 0.1) is 10.1 Å². The van der Waals surface area contributed by atoms with E-state index in [4.69, 9.17) is 52.7 Å². The van der Waals surface area contributed by atoms with E-state index in [2.05, 4.69) is 41.4 Å². The minimum absolute atomic E-state index is 0.237. The molecule has 2 heterocycles. The molecule has 38 heavy (non-hydrogen) atoms. The monoisotopic (exact) mass is 557 g/mol. The summed E-state index contributed by atoms with van der Waals surface area (Å²) in [5.41, 5.74) is 4.21. The lowest BCUT2D eigenvalue weighted by atomic mass is 10.0. The summed E-state index contributed by atoms with van der Waals surface area (Å²) in [5.74, 6) is -1.05. The first-order valence-corrected chi connectivity index (χ1v) is 12.4. The highest BCUT2D eigenvalue weighted by Gasteiger charge is 2.45. The van der Waals surface area contributed by atoms with Crippen molar-refractivity contribution in [3.63, 3.8) is 0 Å². The summed E-state index contributed by atoms with van der Waals surface area (Å²) < 4.78 is 20.5. The maximum Gasteiger partial charge on any atom is 0.291 e. The molecule has 1 N–H and O–H groups in total. The standard InChI is InChI=1S/C27H24Cl2N2O3.HNO3/c28-23-10-11-25(26(29)14-23)27(18-31-13-12-30-19-31)33-17-24(34-27)16-32-15-20-6-8-22(9-7-20)21-4-2-1-3-5-21;2-1(3)4/h1-14,19,24H,15-18H2;(H,2,3,4). The van der Waals surface area contributed by atoms with Crippen molar-refractivity contribution in [3.05, 3.63) is 123 Å². The first-order valence-electron chi connectivity index (χ1n) is 11.6. The van der Waals surface area contributed by atoms with Crippen LogP contribution in [0.2, 0.25) is 10.0 Å². The molecule has 198 valence electrons. The van der Waals surface area contributed by atoms with E-state index in [-0.39, 0.29) is 6.10 Å². The predicted octanol–water partition coefficient (Wildman–Crippen LogP) is 5.99. The molecular weight excluding hydrogens is 533 g/mol. The van der Waals surface area contributed by atoms with Crippen LogP contribution < -0.4 is 0 Å². The van der Waals surface area contributed by atoms with Gasteiger partial charge in [-0.15, -0.1) is 10.1 Å². The molecule has 4 aromatic rings. The maximum atomic E-state index is 8.36. The number of rotatable bonds is 8. The van der Waals surface area contributed by atoms with Crippen molar-refractivity contribution in [2.24, 2.45) is 0 Å². The number of halogens is 2. The fourth-order valence-electron chi connectivity index (χ4n) is 4.11. The fourth-order valence-corrected chi connectivity index (χ4v) is 4.66. The quantitative estimate of drug-likeness (QED) is 0.209. The van der Waals surface area contributed by atoms with E-state index < -0.39 is 10.9 Å². The first-order chi connectivity index (χ1) is 18.3. The van der Waals surface area contributed by atoms with E-state index in [1.807, 2.05) is 35.0 Å². The lowest BCUT2D eigenvalue weighted by Gasteiger charge is -2.30. The molecule has 0 amide bonds. The molecule has 1 aromatic heterocycles. The summed E-state index contributed by atoms with van der Waals surface area (Å²) in [6.45, 7) is 1.69. The van der Waals surface area contributed by atoms with E-state index in [0.29, 0.717) is 36.4 Å². The van der Waals surface area contributed by atoms with Crippen LogP contribution in [0.4, 0.5) is 0 Å². The van der Waals surface area contributed by atoms with E-state index in [1.54, 1.807) is 24.7 Å². The Morgan fingerprint density at radius 3 is 2.47 bits per heavy atom. The Bertz CT molecular complexity index is 1320. The van der Waals surface area contributed by atoms with Crippen LogP contribution in [0.1, 0.15) is 11.1 Å². The summed E-state index contributed by atoms with van der Waals surface area (Å²) in [6.07, 6.45) is 5.07. The Balaban J connectivity index is 0.000000786. The van der Waals surface area contributed by atoms with E-state index >= 15 is 0 Å². The van der Waals surface area contributed by atoms with Crippen LogP contribution in [0.3, 0.4) is 0 Å². The Morgan fingerprint density at radius 1 is 1.11 bits per heavy atom. The highest BCUT2D eigenvalue weighted by Crippen LogP contribution is 2.40. The van der Waals surface area contributed by atoms with Gasteiger partial charge in [0.05, 0.1) is 37.7 Å². The number of nitrogens with zero attached hydrogens (tertiary/aromatic N) is 3. The van der Waals surface area contributed by atoms with Gasteiger partial charge in [-0.2, -0.15) is 0 Å². The predicted molar refractivity (Wildman–Crippen MR) is 142 cm³/mol. The van der Waals surface area contributed by atoms with Gasteiger partial charge in [0.25, 0.3) is 5.09 Å². The number of aromatic nitrogens is 2. The van der Waals surface area contributed by atoms with Crippen molar-refractivity contribution in [3.8, 4) is 11.1 Å². The molecule has 9 nitrogen and oxygen atoms in total. The van der Waals surface area contributed by atoms with Gasteiger partial charge in [0, 0.05) is 23.0 Å². The summed E-state index contributed by atoms with van der Waals surface area (Å²) in [7, 11) is 0. The van der Waals surface area contributed by atoms with Gasteiger partial charge in [0.2, 0.25) is 5.79 Å². The zero-order valence-electron chi connectivity index (χ0n) is 20.2. The summed E-state index contributed by atoms with van der Waals surface area (Å²) in [4.78, 5) is 12.5. The molecular formula is C27H25Cl2N3O6. The Morgan fingerprint density at radius 2 is 1.82 bits per heavy atom. The number of ether oxygens (including phenoxy) is 3. The maximum absolute atomic E-state index is 8.36. The van der Waals surface area contributed by atoms with Gasteiger partial charge in [-0.25, -0.2) is 4.98 Å². The first kappa shape index (κ1) is 27.6. The molecule has 2 unspecified atom stereocenters. The molecule has 1 fully saturated rings. The molecule has 1 aliphatic rings. The number of hydrogen-bond acceptors (Lipinski definition) is 6. The van der Waals surface area contributed by atoms with Gasteiger partial charge in [-0.05, 0) is 28.8 Å². The normalized spacial score (nSPS) is 18.5. The lowest BCUT2D eigenvalue weighted by Crippen LogP contribution is -2.34. The molecule has 1 aliphatic heterocycles. The second kappa shape index (κ2) is 12.9. The zero-order valence-corrected chi connectivity index (χ0v) is 21.7. The largest absolute Gasteiger partial charge is 0.374 e. The summed E-state index contributed by atoms with van der Waals surface area (Å²) in [5, 5.41) is 14.7. The number of benzene rings is 3. The van der Waals surface area contributed by atoms with Gasteiger partial charge in [0.1, 0.15) is 6.10 Å². The average Bonchev–Trinajstić information content (AvgIpc) is 3.55. The summed E-state index contributed by atoms with van der Waals surface area (Å²) in [6, 6.07) is 24.0. The highest BCUT2D eigenvalue weighted by atomic mass is 35.5. The van der Waals surface area contributed by atoms with Gasteiger partial charge in [-0.1, -0.05) is 83.9 Å². The molecule has 2 atom stereocenters. The second-order valence-electron chi connectivity index (χ2n) is 8.48. The van der Waals surface area contributed by atoms with Crippen LogP contribution >= 0.6 is 23.2 Å². The Kier molecular flexibility index (Phi) is 9.33. The Hall–Kier alpha value is -3.47. The molecule has 11 heteroatoms. The molecule has 5 rings (SSSR count). The molecule has 0 bridgehead atoms. The molecule has 1 saturated heterocycles. The van der Waals surface area contributed by atoms with Crippen LogP contribution in [-0.4, -0.2) is 39.2 Å². The third kappa shape index (κ3) is 7.31. The van der Waals surface area contributed by atoms with Crippen molar-refractivity contribution in [2.75, 3.05) is 13.2 Å². The lowest BCUT2D eigenvalue weighted by molar-refractivity contribution is -0.742. The minimum atomic E-state index is -1.50. The van der Waals surface area contributed by atoms with E-state index in [1.165, 1.54) is 11.1 Å². The van der Waals surface area contributed by atoms with Gasteiger partial charge >= 0.3 is 0 Å². The van der Waals surface area contributed by atoms with Crippen molar-refractivity contribution < 1.29 is 24.5 Å². The van der Waals surface area contributed by atoms with E-state index in [0.717, 1.165) is 11.1 Å². The van der Waals surface area contributed by atoms with Gasteiger partial charge < -0.3 is 24.0 Å². The average molecular weight is 558 g/mol. The zero-order chi connectivity index (χ0) is 27.0.